The van der Waals surface area contributed by atoms with Crippen molar-refractivity contribution < 1.29 is 4.79 Å². The molecule has 1 heterocycles. The molecule has 4 nitrogen and oxygen atoms in total. The normalized spacial score (nSPS) is 17.4. The van der Waals surface area contributed by atoms with Gasteiger partial charge in [0.05, 0.1) is 6.54 Å². The number of benzene rings is 1. The third-order valence-electron chi connectivity index (χ3n) is 3.62. The number of piperazine rings is 1. The van der Waals surface area contributed by atoms with Crippen LogP contribution >= 0.6 is 0 Å². The first kappa shape index (κ1) is 14.0. The minimum Gasteiger partial charge on any atom is -0.325 e. The van der Waals surface area contributed by atoms with Crippen LogP contribution in [0.4, 0.5) is 5.69 Å². The monoisotopic (exact) mass is 261 g/mol. The molecule has 1 aromatic rings. The number of likely N-dealkylation sites (N-methyl/N-ethyl adjacent to an activating group) is 1. The van der Waals surface area contributed by atoms with Gasteiger partial charge >= 0.3 is 0 Å². The van der Waals surface area contributed by atoms with Gasteiger partial charge in [-0.3, -0.25) is 9.69 Å². The number of hydrogen-bond donors (Lipinski definition) is 1. The van der Waals surface area contributed by atoms with Crippen LogP contribution in [0.3, 0.4) is 0 Å². The SMILES string of the molecule is Cc1ccc(NC(=O)CN2CCN(C)CC2)c(C)c1. The van der Waals surface area contributed by atoms with E-state index in [1.165, 1.54) is 5.56 Å². The van der Waals surface area contributed by atoms with Gasteiger partial charge in [0.2, 0.25) is 5.91 Å². The Morgan fingerprint density at radius 1 is 1.21 bits per heavy atom. The highest BCUT2D eigenvalue weighted by atomic mass is 16.2. The van der Waals surface area contributed by atoms with Gasteiger partial charge in [0.25, 0.3) is 0 Å². The van der Waals surface area contributed by atoms with E-state index in [-0.39, 0.29) is 5.91 Å². The highest BCUT2D eigenvalue weighted by Gasteiger charge is 2.16. The van der Waals surface area contributed by atoms with Crippen LogP contribution in [0, 0.1) is 13.8 Å². The Morgan fingerprint density at radius 3 is 2.53 bits per heavy atom. The molecule has 0 aliphatic carbocycles. The number of anilines is 1. The molecule has 1 amide bonds. The Morgan fingerprint density at radius 2 is 1.89 bits per heavy atom. The van der Waals surface area contributed by atoms with Crippen LogP contribution in [-0.2, 0) is 4.79 Å². The van der Waals surface area contributed by atoms with Crippen molar-refractivity contribution in [3.63, 3.8) is 0 Å². The van der Waals surface area contributed by atoms with E-state index in [9.17, 15) is 4.79 Å². The van der Waals surface area contributed by atoms with E-state index in [0.29, 0.717) is 6.54 Å². The molecule has 0 unspecified atom stereocenters. The van der Waals surface area contributed by atoms with E-state index in [2.05, 4.69) is 35.2 Å². The summed E-state index contributed by atoms with van der Waals surface area (Å²) in [6.45, 7) is 8.59. The van der Waals surface area contributed by atoms with Crippen molar-refractivity contribution in [3.8, 4) is 0 Å². The summed E-state index contributed by atoms with van der Waals surface area (Å²) in [5.41, 5.74) is 3.26. The maximum Gasteiger partial charge on any atom is 0.238 e. The van der Waals surface area contributed by atoms with E-state index >= 15 is 0 Å². The Labute approximate surface area is 115 Å². The van der Waals surface area contributed by atoms with E-state index < -0.39 is 0 Å². The van der Waals surface area contributed by atoms with Crippen LogP contribution in [0.1, 0.15) is 11.1 Å². The Bertz CT molecular complexity index is 451. The van der Waals surface area contributed by atoms with Gasteiger partial charge in [0.15, 0.2) is 0 Å². The lowest BCUT2D eigenvalue weighted by Gasteiger charge is -2.31. The third kappa shape index (κ3) is 4.04. The lowest BCUT2D eigenvalue weighted by molar-refractivity contribution is -0.117. The number of nitrogens with one attached hydrogen (secondary N) is 1. The molecule has 0 atom stereocenters. The Hall–Kier alpha value is -1.39. The first-order valence-electron chi connectivity index (χ1n) is 6.82. The van der Waals surface area contributed by atoms with E-state index in [0.717, 1.165) is 37.4 Å². The van der Waals surface area contributed by atoms with Crippen molar-refractivity contribution in [2.24, 2.45) is 0 Å². The summed E-state index contributed by atoms with van der Waals surface area (Å²) in [6, 6.07) is 6.09. The molecular weight excluding hydrogens is 238 g/mol. The summed E-state index contributed by atoms with van der Waals surface area (Å²) in [5.74, 6) is 0.0801. The number of rotatable bonds is 3. The molecule has 1 fully saturated rings. The average Bonchev–Trinajstić information content (AvgIpc) is 2.36. The van der Waals surface area contributed by atoms with Crippen molar-refractivity contribution in [2.45, 2.75) is 13.8 Å². The first-order valence-corrected chi connectivity index (χ1v) is 6.82. The summed E-state index contributed by atoms with van der Waals surface area (Å²) in [5, 5.41) is 3.00. The molecular formula is C15H23N3O. The number of aryl methyl sites for hydroxylation is 2. The lowest BCUT2D eigenvalue weighted by atomic mass is 10.1. The van der Waals surface area contributed by atoms with Crippen LogP contribution in [0.15, 0.2) is 18.2 Å². The van der Waals surface area contributed by atoms with Crippen molar-refractivity contribution >= 4 is 11.6 Å². The maximum atomic E-state index is 12.0. The predicted molar refractivity (Wildman–Crippen MR) is 78.5 cm³/mol. The van der Waals surface area contributed by atoms with Crippen molar-refractivity contribution in [1.29, 1.82) is 0 Å². The van der Waals surface area contributed by atoms with Crippen LogP contribution in [-0.4, -0.2) is 55.5 Å². The van der Waals surface area contributed by atoms with Gasteiger partial charge in [-0.15, -0.1) is 0 Å². The van der Waals surface area contributed by atoms with E-state index in [1.54, 1.807) is 0 Å². The molecule has 19 heavy (non-hydrogen) atoms. The molecule has 0 bridgehead atoms. The molecule has 1 aliphatic rings. The summed E-state index contributed by atoms with van der Waals surface area (Å²) < 4.78 is 0. The zero-order valence-electron chi connectivity index (χ0n) is 12.1. The second-order valence-corrected chi connectivity index (χ2v) is 5.45. The summed E-state index contributed by atoms with van der Waals surface area (Å²) >= 11 is 0. The molecule has 0 saturated carbocycles. The van der Waals surface area contributed by atoms with Crippen LogP contribution in [0.2, 0.25) is 0 Å². The van der Waals surface area contributed by atoms with E-state index in [4.69, 9.17) is 0 Å². The van der Waals surface area contributed by atoms with Gasteiger partial charge in [-0.1, -0.05) is 17.7 Å². The molecule has 0 spiro atoms. The summed E-state index contributed by atoms with van der Waals surface area (Å²) in [6.07, 6.45) is 0. The lowest BCUT2D eigenvalue weighted by Crippen LogP contribution is -2.47. The van der Waals surface area contributed by atoms with Gasteiger partial charge in [-0.25, -0.2) is 0 Å². The molecule has 0 radical (unpaired) electrons. The Balaban J connectivity index is 1.87. The van der Waals surface area contributed by atoms with Gasteiger partial charge in [0.1, 0.15) is 0 Å². The van der Waals surface area contributed by atoms with E-state index in [1.807, 2.05) is 19.1 Å². The number of carbonyl (C=O) groups excluding carboxylic acids is 1. The van der Waals surface area contributed by atoms with Gasteiger partial charge in [-0.2, -0.15) is 0 Å². The fourth-order valence-corrected chi connectivity index (χ4v) is 2.35. The number of carbonyl (C=O) groups is 1. The fourth-order valence-electron chi connectivity index (χ4n) is 2.35. The summed E-state index contributed by atoms with van der Waals surface area (Å²) in [4.78, 5) is 16.5. The molecule has 2 rings (SSSR count). The highest BCUT2D eigenvalue weighted by molar-refractivity contribution is 5.93. The molecule has 1 N–H and O–H groups in total. The van der Waals surface area contributed by atoms with Gasteiger partial charge in [0, 0.05) is 31.9 Å². The fraction of sp³-hybridized carbons (Fsp3) is 0.533. The molecule has 1 aliphatic heterocycles. The molecule has 1 saturated heterocycles. The molecule has 104 valence electrons. The predicted octanol–water partition coefficient (Wildman–Crippen LogP) is 1.49. The standard InChI is InChI=1S/C15H23N3O/c1-12-4-5-14(13(2)10-12)16-15(19)11-18-8-6-17(3)7-9-18/h4-5,10H,6-9,11H2,1-3H3,(H,16,19). The van der Waals surface area contributed by atoms with Crippen molar-refractivity contribution in [1.82, 2.24) is 9.80 Å². The molecule has 0 aromatic heterocycles. The summed E-state index contributed by atoms with van der Waals surface area (Å²) in [7, 11) is 2.12. The topological polar surface area (TPSA) is 35.6 Å². The van der Waals surface area contributed by atoms with Crippen LogP contribution in [0.5, 0.6) is 0 Å². The average molecular weight is 261 g/mol. The second kappa shape index (κ2) is 6.17. The van der Waals surface area contributed by atoms with Crippen molar-refractivity contribution in [2.75, 3.05) is 45.1 Å². The van der Waals surface area contributed by atoms with Gasteiger partial charge < -0.3 is 10.2 Å². The minimum atomic E-state index is 0.0801. The minimum absolute atomic E-state index is 0.0801. The first-order chi connectivity index (χ1) is 9.04. The quantitative estimate of drug-likeness (QED) is 0.895. The zero-order chi connectivity index (χ0) is 13.8. The maximum absolute atomic E-state index is 12.0. The van der Waals surface area contributed by atoms with Crippen molar-refractivity contribution in [3.05, 3.63) is 29.3 Å². The third-order valence-corrected chi connectivity index (χ3v) is 3.62. The largest absolute Gasteiger partial charge is 0.325 e. The van der Waals surface area contributed by atoms with Crippen LogP contribution in [0.25, 0.3) is 0 Å². The number of nitrogens with zero attached hydrogens (tertiary/aromatic N) is 2. The Kier molecular flexibility index (Phi) is 4.56. The molecule has 4 heteroatoms. The number of amides is 1. The van der Waals surface area contributed by atoms with Crippen LogP contribution < -0.4 is 5.32 Å². The number of hydrogen-bond acceptors (Lipinski definition) is 3. The highest BCUT2D eigenvalue weighted by Crippen LogP contribution is 2.15. The second-order valence-electron chi connectivity index (χ2n) is 5.45. The smallest absolute Gasteiger partial charge is 0.238 e. The zero-order valence-corrected chi connectivity index (χ0v) is 12.1. The molecule has 1 aromatic carbocycles. The van der Waals surface area contributed by atoms with Gasteiger partial charge in [-0.05, 0) is 32.5 Å².